The van der Waals surface area contributed by atoms with Crippen molar-refractivity contribution >= 4 is 34.1 Å². The number of carbonyl (C=O) groups is 1. The second-order valence-corrected chi connectivity index (χ2v) is 17.0. The Kier molecular flexibility index (Phi) is 17.8. The van der Waals surface area contributed by atoms with Crippen LogP contribution in [0.3, 0.4) is 0 Å². The minimum absolute atomic E-state index is 0. The van der Waals surface area contributed by atoms with Crippen LogP contribution in [0.5, 0.6) is 0 Å². The van der Waals surface area contributed by atoms with Crippen molar-refractivity contribution in [1.82, 2.24) is 16.0 Å². The summed E-state index contributed by atoms with van der Waals surface area (Å²) in [6, 6.07) is 0. The van der Waals surface area contributed by atoms with Crippen molar-refractivity contribution in [3.05, 3.63) is 49.6 Å². The zero-order valence-corrected chi connectivity index (χ0v) is 32.1. The number of halogens is 2. The predicted octanol–water partition coefficient (Wildman–Crippen LogP) is 8.76. The molecule has 43 heavy (non-hydrogen) atoms. The van der Waals surface area contributed by atoms with Gasteiger partial charge in [0, 0.05) is 51.4 Å². The molecule has 3 aliphatic rings. The summed E-state index contributed by atoms with van der Waals surface area (Å²) < 4.78 is 0. The van der Waals surface area contributed by atoms with Crippen molar-refractivity contribution in [1.29, 1.82) is 0 Å². The molecule has 0 aliphatic carbocycles. The molecule has 0 aromatic carbocycles. The number of carbonyl (C=O) groups excluding carboxylic acids is 1. The van der Waals surface area contributed by atoms with Crippen LogP contribution in [0.25, 0.3) is 0 Å². The summed E-state index contributed by atoms with van der Waals surface area (Å²) in [5, 5.41) is 21.9. The van der Waals surface area contributed by atoms with Gasteiger partial charge in [0.2, 0.25) is 0 Å². The average molecular weight is 689 g/mol. The summed E-state index contributed by atoms with van der Waals surface area (Å²) in [5.74, 6) is 0.374. The molecule has 0 aromatic rings. The molecule has 0 atom stereocenters. The van der Waals surface area contributed by atoms with E-state index >= 15 is 0 Å². The molecule has 2 fully saturated rings. The first-order valence-corrected chi connectivity index (χ1v) is 16.6. The molecule has 0 saturated carbocycles. The fourth-order valence-corrected chi connectivity index (χ4v) is 7.58. The number of hydrogen-bond donors (Lipinski definition) is 4. The number of rotatable bonds is 5. The Morgan fingerprint density at radius 1 is 0.721 bits per heavy atom. The van der Waals surface area contributed by atoms with Crippen LogP contribution in [-0.2, 0) is 4.79 Å². The molecule has 3 aliphatic heterocycles. The van der Waals surface area contributed by atoms with Gasteiger partial charge in [-0.2, -0.15) is 0 Å². The third kappa shape index (κ3) is 19.4. The van der Waals surface area contributed by atoms with E-state index in [0.29, 0.717) is 25.0 Å². The van der Waals surface area contributed by atoms with E-state index < -0.39 is 5.60 Å². The summed E-state index contributed by atoms with van der Waals surface area (Å²) in [7, 11) is 0. The Bertz CT molecular complexity index is 914. The lowest BCUT2D eigenvalue weighted by Gasteiger charge is -2.50. The molecule has 7 heteroatoms. The summed E-state index contributed by atoms with van der Waals surface area (Å²) in [4.78, 5) is 11.3. The molecule has 4 N–H and O–H groups in total. The largest absolute Gasteiger partial charge is 0.389 e. The molecule has 0 unspecified atom stereocenters. The molecular formula is C36H67BrClN3O2. The van der Waals surface area contributed by atoms with E-state index in [2.05, 4.69) is 141 Å². The zero-order valence-electron chi connectivity index (χ0n) is 29.7. The number of hydrogen-bond acceptors (Lipinski definition) is 5. The molecule has 252 valence electrons. The number of nitrogens with one attached hydrogen (secondary N) is 3. The standard InChI is InChI=1S/C12H23NO.C12H21N.C9H17NO.C3H5Br.ClH/c1-6-7-12(14)8-10(2,3)13-11(4,5)9-12;1-6-7-10-8-11(2,3)13-12(4,5)9-10;1-8(2)5-7(11)6-9(3,4)10-8;1-2-3-4;/h6,13-14H,1,7-9H2,2-5H3;6,8,13H,1,7,9H2,2-5H3;10H,5-6H2,1-4H3;2H,1,3H2;1H. The highest BCUT2D eigenvalue weighted by atomic mass is 79.9. The van der Waals surface area contributed by atoms with Gasteiger partial charge < -0.3 is 21.1 Å². The van der Waals surface area contributed by atoms with Gasteiger partial charge >= 0.3 is 0 Å². The second-order valence-electron chi connectivity index (χ2n) is 16.4. The number of Topliss-reactive ketones (excluding diaryl/α,β-unsaturated/α-hetero) is 1. The highest BCUT2D eigenvalue weighted by Crippen LogP contribution is 2.38. The summed E-state index contributed by atoms with van der Waals surface area (Å²) in [5.41, 5.74) is 1.23. The van der Waals surface area contributed by atoms with E-state index in [1.807, 2.05) is 12.2 Å². The fraction of sp³-hybridized carbons (Fsp3) is 0.750. The number of aliphatic hydroxyl groups is 1. The minimum Gasteiger partial charge on any atom is -0.389 e. The van der Waals surface area contributed by atoms with E-state index in [1.165, 1.54) is 5.57 Å². The molecule has 5 nitrogen and oxygen atoms in total. The lowest BCUT2D eigenvalue weighted by molar-refractivity contribution is -0.124. The van der Waals surface area contributed by atoms with Gasteiger partial charge in [-0.25, -0.2) is 0 Å². The number of piperidine rings is 2. The molecule has 3 rings (SSSR count). The predicted molar refractivity (Wildman–Crippen MR) is 196 cm³/mol. The first kappa shape index (κ1) is 44.4. The Balaban J connectivity index is 0. The van der Waals surface area contributed by atoms with Crippen molar-refractivity contribution in [3.63, 3.8) is 0 Å². The molecule has 0 spiro atoms. The molecule has 0 bridgehead atoms. The molecular weight excluding hydrogens is 622 g/mol. The molecule has 0 radical (unpaired) electrons. The normalized spacial score (nSPS) is 24.7. The number of ketones is 1. The van der Waals surface area contributed by atoms with Crippen LogP contribution < -0.4 is 16.0 Å². The summed E-state index contributed by atoms with van der Waals surface area (Å²) in [6.45, 7) is 36.7. The topological polar surface area (TPSA) is 73.4 Å². The number of allylic oxidation sites excluding steroid dienone is 2. The Morgan fingerprint density at radius 2 is 1.12 bits per heavy atom. The molecule has 0 aromatic heterocycles. The lowest BCUT2D eigenvalue weighted by Crippen LogP contribution is -2.63. The van der Waals surface area contributed by atoms with Crippen LogP contribution in [0.15, 0.2) is 49.6 Å². The van der Waals surface area contributed by atoms with Crippen LogP contribution in [-0.4, -0.2) is 55.1 Å². The van der Waals surface area contributed by atoms with Crippen molar-refractivity contribution in [3.8, 4) is 0 Å². The maximum atomic E-state index is 11.3. The third-order valence-corrected chi connectivity index (χ3v) is 7.57. The van der Waals surface area contributed by atoms with E-state index in [1.54, 1.807) is 6.08 Å². The zero-order chi connectivity index (χ0) is 33.3. The summed E-state index contributed by atoms with van der Waals surface area (Å²) >= 11 is 3.13. The van der Waals surface area contributed by atoms with Gasteiger partial charge in [0.1, 0.15) is 5.78 Å². The first-order chi connectivity index (χ1) is 18.8. The monoisotopic (exact) mass is 687 g/mol. The van der Waals surface area contributed by atoms with Gasteiger partial charge in [0.05, 0.1) is 5.60 Å². The third-order valence-electron chi connectivity index (χ3n) is 7.11. The van der Waals surface area contributed by atoms with Gasteiger partial charge in [0.15, 0.2) is 0 Å². The Morgan fingerprint density at radius 3 is 1.44 bits per heavy atom. The van der Waals surface area contributed by atoms with Crippen LogP contribution >= 0.6 is 28.3 Å². The minimum atomic E-state index is -0.583. The Hall–Kier alpha value is -0.760. The van der Waals surface area contributed by atoms with Gasteiger partial charge in [-0.3, -0.25) is 4.79 Å². The van der Waals surface area contributed by atoms with Gasteiger partial charge in [-0.1, -0.05) is 45.8 Å². The second kappa shape index (κ2) is 17.2. The van der Waals surface area contributed by atoms with Crippen LogP contribution in [0.4, 0.5) is 0 Å². The lowest BCUT2D eigenvalue weighted by atomic mass is 9.71. The first-order valence-electron chi connectivity index (χ1n) is 15.5. The highest BCUT2D eigenvalue weighted by Gasteiger charge is 2.45. The smallest absolute Gasteiger partial charge is 0.136 e. The van der Waals surface area contributed by atoms with E-state index in [-0.39, 0.29) is 45.6 Å². The Labute approximate surface area is 280 Å². The summed E-state index contributed by atoms with van der Waals surface area (Å²) in [6.07, 6.45) is 13.7. The number of alkyl halides is 1. The highest BCUT2D eigenvalue weighted by molar-refractivity contribution is 9.09. The SMILES string of the molecule is C=CCBr.C=CCC1(O)CC(C)(C)NC(C)(C)C1.C=CCC1=CC(C)(C)NC(C)(C)C1.CC1(C)CC(=O)CC(C)(C)N1.Cl. The van der Waals surface area contributed by atoms with Crippen molar-refractivity contribution < 1.29 is 9.90 Å². The maximum Gasteiger partial charge on any atom is 0.136 e. The fourth-order valence-electron chi connectivity index (χ4n) is 7.58. The van der Waals surface area contributed by atoms with Crippen LogP contribution in [0, 0.1) is 0 Å². The maximum absolute atomic E-state index is 11.3. The van der Waals surface area contributed by atoms with E-state index in [4.69, 9.17) is 0 Å². The quantitative estimate of drug-likeness (QED) is 0.172. The van der Waals surface area contributed by atoms with Crippen LogP contribution in [0.1, 0.15) is 128 Å². The average Bonchev–Trinajstić information content (AvgIpc) is 2.67. The van der Waals surface area contributed by atoms with Gasteiger partial charge in [-0.15, -0.1) is 32.1 Å². The van der Waals surface area contributed by atoms with Crippen molar-refractivity contribution in [2.24, 2.45) is 0 Å². The van der Waals surface area contributed by atoms with Gasteiger partial charge in [-0.05, 0) is 115 Å². The van der Waals surface area contributed by atoms with Crippen LogP contribution in [0.2, 0.25) is 0 Å². The van der Waals surface area contributed by atoms with E-state index in [0.717, 1.165) is 31.0 Å². The van der Waals surface area contributed by atoms with Gasteiger partial charge in [0.25, 0.3) is 0 Å². The molecule has 3 heterocycles. The van der Waals surface area contributed by atoms with E-state index in [9.17, 15) is 9.90 Å². The van der Waals surface area contributed by atoms with Crippen molar-refractivity contribution in [2.45, 2.75) is 167 Å². The van der Waals surface area contributed by atoms with Crippen molar-refractivity contribution in [2.75, 3.05) is 5.33 Å². The molecule has 2 saturated heterocycles. The molecule has 0 amide bonds.